The number of halogens is 2. The van der Waals surface area contributed by atoms with Crippen LogP contribution < -0.4 is 4.74 Å². The molecule has 0 bridgehead atoms. The summed E-state index contributed by atoms with van der Waals surface area (Å²) in [5.41, 5.74) is 1.01. The molecular weight excluding hydrogens is 219 g/mol. The van der Waals surface area contributed by atoms with Crippen molar-refractivity contribution in [3.05, 3.63) is 34.1 Å². The second kappa shape index (κ2) is 5.14. The van der Waals surface area contributed by atoms with E-state index in [1.165, 1.54) is 7.11 Å². The van der Waals surface area contributed by atoms with Crippen molar-refractivity contribution in [2.24, 2.45) is 0 Å². The molecule has 0 saturated heterocycles. The number of aliphatic hydroxyl groups excluding tert-OH is 1. The lowest BCUT2D eigenvalue weighted by atomic mass is 10.1. The Kier molecular flexibility index (Phi) is 4.12. The SMILES string of the molecule is COc1c(Cl)ccc(/C=C(/C)CO)c1F. The molecule has 0 heterocycles. The topological polar surface area (TPSA) is 29.5 Å². The van der Waals surface area contributed by atoms with E-state index in [2.05, 4.69) is 0 Å². The van der Waals surface area contributed by atoms with E-state index in [0.717, 1.165) is 0 Å². The van der Waals surface area contributed by atoms with E-state index < -0.39 is 5.82 Å². The fraction of sp³-hybridized carbons (Fsp3) is 0.273. The van der Waals surface area contributed by atoms with Crippen LogP contribution >= 0.6 is 11.6 Å². The molecule has 15 heavy (non-hydrogen) atoms. The maximum absolute atomic E-state index is 13.7. The highest BCUT2D eigenvalue weighted by atomic mass is 35.5. The van der Waals surface area contributed by atoms with Gasteiger partial charge in [0.2, 0.25) is 0 Å². The van der Waals surface area contributed by atoms with Gasteiger partial charge in [0, 0.05) is 5.56 Å². The van der Waals surface area contributed by atoms with E-state index in [0.29, 0.717) is 11.1 Å². The summed E-state index contributed by atoms with van der Waals surface area (Å²) in [6, 6.07) is 3.10. The summed E-state index contributed by atoms with van der Waals surface area (Å²) in [6.45, 7) is 1.60. The molecule has 1 rings (SSSR count). The molecule has 0 spiro atoms. The van der Waals surface area contributed by atoms with Crippen LogP contribution in [0.15, 0.2) is 17.7 Å². The molecule has 0 amide bonds. The maximum atomic E-state index is 13.7. The van der Waals surface area contributed by atoms with Gasteiger partial charge in [0.15, 0.2) is 11.6 Å². The number of hydrogen-bond donors (Lipinski definition) is 1. The number of benzene rings is 1. The number of ether oxygens (including phenoxy) is 1. The molecule has 1 N–H and O–H groups in total. The molecule has 1 aromatic carbocycles. The Bertz CT molecular complexity index is 388. The van der Waals surface area contributed by atoms with Crippen LogP contribution in [-0.2, 0) is 0 Å². The molecule has 4 heteroatoms. The Morgan fingerprint density at radius 1 is 1.60 bits per heavy atom. The van der Waals surface area contributed by atoms with Gasteiger partial charge in [-0.3, -0.25) is 0 Å². The van der Waals surface area contributed by atoms with Crippen LogP contribution in [0.1, 0.15) is 12.5 Å². The molecule has 0 radical (unpaired) electrons. The zero-order valence-corrected chi connectivity index (χ0v) is 9.31. The van der Waals surface area contributed by atoms with Crippen LogP contribution in [-0.4, -0.2) is 18.8 Å². The van der Waals surface area contributed by atoms with Crippen molar-refractivity contribution in [2.75, 3.05) is 13.7 Å². The fourth-order valence-electron chi connectivity index (χ4n) is 1.16. The second-order valence-corrected chi connectivity index (χ2v) is 3.54. The predicted octanol–water partition coefficient (Wildman–Crippen LogP) is 2.88. The first-order valence-corrected chi connectivity index (χ1v) is 4.78. The smallest absolute Gasteiger partial charge is 0.173 e. The van der Waals surface area contributed by atoms with Gasteiger partial charge in [-0.15, -0.1) is 0 Å². The van der Waals surface area contributed by atoms with Crippen LogP contribution in [0.2, 0.25) is 5.02 Å². The molecule has 0 saturated carbocycles. The third-order valence-electron chi connectivity index (χ3n) is 1.93. The van der Waals surface area contributed by atoms with Crippen LogP contribution in [0.25, 0.3) is 6.08 Å². The Balaban J connectivity index is 3.22. The maximum Gasteiger partial charge on any atom is 0.173 e. The summed E-state index contributed by atoms with van der Waals surface area (Å²) < 4.78 is 18.5. The Labute approximate surface area is 92.9 Å². The minimum atomic E-state index is -0.516. The number of rotatable bonds is 3. The van der Waals surface area contributed by atoms with Gasteiger partial charge >= 0.3 is 0 Å². The number of hydrogen-bond acceptors (Lipinski definition) is 2. The van der Waals surface area contributed by atoms with E-state index in [1.807, 2.05) is 0 Å². The van der Waals surface area contributed by atoms with E-state index in [-0.39, 0.29) is 17.4 Å². The monoisotopic (exact) mass is 230 g/mol. The van der Waals surface area contributed by atoms with E-state index in [1.54, 1.807) is 25.1 Å². The van der Waals surface area contributed by atoms with E-state index in [9.17, 15) is 4.39 Å². The Morgan fingerprint density at radius 3 is 2.80 bits per heavy atom. The Hall–Kier alpha value is -1.06. The molecule has 0 fully saturated rings. The van der Waals surface area contributed by atoms with Gasteiger partial charge < -0.3 is 9.84 Å². The van der Waals surface area contributed by atoms with Crippen molar-refractivity contribution in [1.82, 2.24) is 0 Å². The lowest BCUT2D eigenvalue weighted by Gasteiger charge is -2.07. The highest BCUT2D eigenvalue weighted by Crippen LogP contribution is 2.30. The average Bonchev–Trinajstić information content (AvgIpc) is 2.23. The average molecular weight is 231 g/mol. The van der Waals surface area contributed by atoms with Crippen molar-refractivity contribution < 1.29 is 14.2 Å². The van der Waals surface area contributed by atoms with Gasteiger partial charge in [0.05, 0.1) is 18.7 Å². The van der Waals surface area contributed by atoms with Crippen molar-refractivity contribution in [2.45, 2.75) is 6.92 Å². The zero-order chi connectivity index (χ0) is 11.4. The van der Waals surface area contributed by atoms with Gasteiger partial charge in [-0.2, -0.15) is 0 Å². The molecule has 0 aliphatic rings. The molecular formula is C11H12ClFO2. The van der Waals surface area contributed by atoms with Crippen LogP contribution in [0.3, 0.4) is 0 Å². The predicted molar refractivity (Wildman–Crippen MR) is 58.7 cm³/mol. The fourth-order valence-corrected chi connectivity index (χ4v) is 1.38. The third kappa shape index (κ3) is 2.70. The van der Waals surface area contributed by atoms with Gasteiger partial charge in [-0.25, -0.2) is 4.39 Å². The standard InChI is InChI=1S/C11H12ClFO2/c1-7(6-14)5-8-3-4-9(12)11(15-2)10(8)13/h3-5,14H,6H2,1-2H3/b7-5-. The lowest BCUT2D eigenvalue weighted by molar-refractivity contribution is 0.332. The first kappa shape index (κ1) is 12.0. The van der Waals surface area contributed by atoms with Gasteiger partial charge in [0.1, 0.15) is 0 Å². The molecule has 0 unspecified atom stereocenters. The second-order valence-electron chi connectivity index (χ2n) is 3.13. The number of methoxy groups -OCH3 is 1. The van der Waals surface area contributed by atoms with Gasteiger partial charge in [0.25, 0.3) is 0 Å². The minimum absolute atomic E-state index is 0.0242. The highest BCUT2D eigenvalue weighted by molar-refractivity contribution is 6.32. The summed E-state index contributed by atoms with van der Waals surface area (Å²) in [5.74, 6) is -0.492. The molecule has 0 aliphatic carbocycles. The van der Waals surface area contributed by atoms with Gasteiger partial charge in [-0.05, 0) is 18.6 Å². The summed E-state index contributed by atoms with van der Waals surface area (Å²) in [5, 5.41) is 9.05. The third-order valence-corrected chi connectivity index (χ3v) is 2.23. The lowest BCUT2D eigenvalue weighted by Crippen LogP contribution is -1.93. The molecule has 1 aromatic rings. The first-order chi connectivity index (χ1) is 7.10. The molecule has 0 aromatic heterocycles. The molecule has 0 atom stereocenters. The summed E-state index contributed by atoms with van der Waals surface area (Å²) >= 11 is 5.74. The summed E-state index contributed by atoms with van der Waals surface area (Å²) in [4.78, 5) is 0. The van der Waals surface area contributed by atoms with Crippen LogP contribution in [0.4, 0.5) is 4.39 Å². The molecule has 2 nitrogen and oxygen atoms in total. The normalized spacial score (nSPS) is 11.7. The van der Waals surface area contributed by atoms with Crippen molar-refractivity contribution in [3.63, 3.8) is 0 Å². The molecule has 82 valence electrons. The zero-order valence-electron chi connectivity index (χ0n) is 8.55. The van der Waals surface area contributed by atoms with Crippen molar-refractivity contribution in [1.29, 1.82) is 0 Å². The largest absolute Gasteiger partial charge is 0.492 e. The quantitative estimate of drug-likeness (QED) is 0.865. The highest BCUT2D eigenvalue weighted by Gasteiger charge is 2.11. The van der Waals surface area contributed by atoms with Crippen molar-refractivity contribution in [3.8, 4) is 5.75 Å². The Morgan fingerprint density at radius 2 is 2.27 bits per heavy atom. The summed E-state index contributed by atoms with van der Waals surface area (Å²) in [7, 11) is 1.36. The van der Waals surface area contributed by atoms with Crippen LogP contribution in [0, 0.1) is 5.82 Å². The van der Waals surface area contributed by atoms with Crippen LogP contribution in [0.5, 0.6) is 5.75 Å². The van der Waals surface area contributed by atoms with E-state index in [4.69, 9.17) is 21.4 Å². The van der Waals surface area contributed by atoms with E-state index >= 15 is 0 Å². The summed E-state index contributed by atoms with van der Waals surface area (Å²) in [6.07, 6.45) is 1.55. The first-order valence-electron chi connectivity index (χ1n) is 4.40. The number of aliphatic hydroxyl groups is 1. The van der Waals surface area contributed by atoms with Crippen molar-refractivity contribution >= 4 is 17.7 Å². The molecule has 0 aliphatic heterocycles. The van der Waals surface area contributed by atoms with Gasteiger partial charge in [-0.1, -0.05) is 23.7 Å². The minimum Gasteiger partial charge on any atom is -0.492 e.